The lowest BCUT2D eigenvalue weighted by Gasteiger charge is -2.21. The summed E-state index contributed by atoms with van der Waals surface area (Å²) in [5, 5.41) is 0. The predicted octanol–water partition coefficient (Wildman–Crippen LogP) is 5.93. The maximum Gasteiger partial charge on any atom is -0.0279 e. The SMILES string of the molecule is CCCc1cccc(CCCCC2CCCCC2)c1. The van der Waals surface area contributed by atoms with Gasteiger partial charge in [-0.3, -0.25) is 0 Å². The summed E-state index contributed by atoms with van der Waals surface area (Å²) < 4.78 is 0. The third-order valence-corrected chi connectivity index (χ3v) is 4.58. The molecule has 2 rings (SSSR count). The third-order valence-electron chi connectivity index (χ3n) is 4.58. The highest BCUT2D eigenvalue weighted by Gasteiger charge is 2.12. The summed E-state index contributed by atoms with van der Waals surface area (Å²) in [5.74, 6) is 1.06. The molecule has 1 fully saturated rings. The molecule has 1 aliphatic rings. The molecule has 1 aliphatic carbocycles. The van der Waals surface area contributed by atoms with Crippen molar-refractivity contribution in [2.75, 3.05) is 0 Å². The Kier molecular flexibility index (Phi) is 6.47. The van der Waals surface area contributed by atoms with Crippen molar-refractivity contribution < 1.29 is 0 Å². The Balaban J connectivity index is 1.65. The van der Waals surface area contributed by atoms with E-state index in [1.165, 1.54) is 76.2 Å². The maximum absolute atomic E-state index is 2.42. The van der Waals surface area contributed by atoms with Gasteiger partial charge in [0.1, 0.15) is 0 Å². The molecule has 0 N–H and O–H groups in total. The van der Waals surface area contributed by atoms with Crippen molar-refractivity contribution in [1.82, 2.24) is 0 Å². The van der Waals surface area contributed by atoms with Crippen molar-refractivity contribution >= 4 is 0 Å². The summed E-state index contributed by atoms with van der Waals surface area (Å²) in [4.78, 5) is 0. The summed E-state index contributed by atoms with van der Waals surface area (Å²) in [5.41, 5.74) is 3.07. The zero-order chi connectivity index (χ0) is 13.3. The second-order valence-corrected chi connectivity index (χ2v) is 6.32. The largest absolute Gasteiger partial charge is 0.0651 e. The molecule has 0 amide bonds. The van der Waals surface area contributed by atoms with Gasteiger partial charge in [0.15, 0.2) is 0 Å². The molecule has 0 aromatic heterocycles. The quantitative estimate of drug-likeness (QED) is 0.531. The molecule has 19 heavy (non-hydrogen) atoms. The number of benzene rings is 1. The van der Waals surface area contributed by atoms with Gasteiger partial charge in [-0.15, -0.1) is 0 Å². The highest BCUT2D eigenvalue weighted by atomic mass is 14.2. The molecular formula is C19H30. The predicted molar refractivity (Wildman–Crippen MR) is 84.6 cm³/mol. The molecule has 0 unspecified atom stereocenters. The van der Waals surface area contributed by atoms with Crippen LogP contribution in [0.1, 0.15) is 75.8 Å². The first kappa shape index (κ1) is 14.6. The van der Waals surface area contributed by atoms with Crippen LogP contribution in [0.25, 0.3) is 0 Å². The Bertz CT molecular complexity index is 347. The van der Waals surface area contributed by atoms with E-state index in [0.29, 0.717) is 0 Å². The summed E-state index contributed by atoms with van der Waals surface area (Å²) in [6, 6.07) is 9.24. The average molecular weight is 258 g/mol. The topological polar surface area (TPSA) is 0 Å². The van der Waals surface area contributed by atoms with E-state index in [1.807, 2.05) is 0 Å². The molecule has 1 saturated carbocycles. The Hall–Kier alpha value is -0.780. The van der Waals surface area contributed by atoms with Crippen molar-refractivity contribution in [2.45, 2.75) is 77.6 Å². The number of unbranched alkanes of at least 4 members (excludes halogenated alkanes) is 1. The van der Waals surface area contributed by atoms with Gasteiger partial charge in [-0.05, 0) is 36.3 Å². The van der Waals surface area contributed by atoms with Crippen molar-refractivity contribution in [3.05, 3.63) is 35.4 Å². The molecule has 1 aromatic rings. The average Bonchev–Trinajstić information content (AvgIpc) is 2.46. The fraction of sp³-hybridized carbons (Fsp3) is 0.684. The Morgan fingerprint density at radius 3 is 2.42 bits per heavy atom. The summed E-state index contributed by atoms with van der Waals surface area (Å²) in [6.45, 7) is 2.26. The highest BCUT2D eigenvalue weighted by molar-refractivity contribution is 5.23. The van der Waals surface area contributed by atoms with E-state index >= 15 is 0 Å². The van der Waals surface area contributed by atoms with E-state index in [2.05, 4.69) is 31.2 Å². The van der Waals surface area contributed by atoms with Gasteiger partial charge in [-0.25, -0.2) is 0 Å². The highest BCUT2D eigenvalue weighted by Crippen LogP contribution is 2.27. The summed E-state index contributed by atoms with van der Waals surface area (Å²) >= 11 is 0. The summed E-state index contributed by atoms with van der Waals surface area (Å²) in [7, 11) is 0. The Morgan fingerprint density at radius 1 is 0.947 bits per heavy atom. The lowest BCUT2D eigenvalue weighted by atomic mass is 9.85. The van der Waals surface area contributed by atoms with Crippen LogP contribution in [-0.4, -0.2) is 0 Å². The van der Waals surface area contributed by atoms with Crippen molar-refractivity contribution in [3.8, 4) is 0 Å². The normalized spacial score (nSPS) is 16.7. The van der Waals surface area contributed by atoms with E-state index in [-0.39, 0.29) is 0 Å². The van der Waals surface area contributed by atoms with Crippen LogP contribution in [0.5, 0.6) is 0 Å². The van der Waals surface area contributed by atoms with Gasteiger partial charge in [-0.2, -0.15) is 0 Å². The molecule has 0 radical (unpaired) electrons. The molecule has 0 atom stereocenters. The van der Waals surface area contributed by atoms with Crippen molar-refractivity contribution in [2.24, 2.45) is 5.92 Å². The van der Waals surface area contributed by atoms with E-state index in [9.17, 15) is 0 Å². The fourth-order valence-corrected chi connectivity index (χ4v) is 3.47. The maximum atomic E-state index is 2.42. The van der Waals surface area contributed by atoms with Gasteiger partial charge in [-0.1, -0.05) is 82.6 Å². The smallest absolute Gasteiger partial charge is 0.0279 e. The fourth-order valence-electron chi connectivity index (χ4n) is 3.47. The third kappa shape index (κ3) is 5.38. The first-order valence-corrected chi connectivity index (χ1v) is 8.46. The van der Waals surface area contributed by atoms with E-state index in [0.717, 1.165) is 5.92 Å². The first-order chi connectivity index (χ1) is 9.38. The van der Waals surface area contributed by atoms with Gasteiger partial charge in [0.25, 0.3) is 0 Å². The number of rotatable bonds is 7. The molecule has 0 aliphatic heterocycles. The first-order valence-electron chi connectivity index (χ1n) is 8.46. The molecule has 1 aromatic carbocycles. The molecule has 0 heterocycles. The lowest BCUT2D eigenvalue weighted by Crippen LogP contribution is -2.05. The van der Waals surface area contributed by atoms with Crippen LogP contribution in [0.2, 0.25) is 0 Å². The molecule has 0 spiro atoms. The van der Waals surface area contributed by atoms with Gasteiger partial charge >= 0.3 is 0 Å². The van der Waals surface area contributed by atoms with E-state index in [4.69, 9.17) is 0 Å². The van der Waals surface area contributed by atoms with Gasteiger partial charge in [0, 0.05) is 0 Å². The molecule has 0 nitrogen and oxygen atoms in total. The number of aryl methyl sites for hydroxylation is 2. The minimum atomic E-state index is 1.06. The molecule has 106 valence electrons. The summed E-state index contributed by atoms with van der Waals surface area (Å²) in [6.07, 6.45) is 15.5. The van der Waals surface area contributed by atoms with Gasteiger partial charge in [0.05, 0.1) is 0 Å². The molecule has 0 bridgehead atoms. The number of hydrogen-bond donors (Lipinski definition) is 0. The van der Waals surface area contributed by atoms with Crippen LogP contribution in [-0.2, 0) is 12.8 Å². The zero-order valence-corrected chi connectivity index (χ0v) is 12.7. The standard InChI is InChI=1S/C19H30/c1-2-9-18-14-8-15-19(16-18)13-7-6-12-17-10-4-3-5-11-17/h8,14-17H,2-7,9-13H2,1H3. The van der Waals surface area contributed by atoms with E-state index < -0.39 is 0 Å². The minimum Gasteiger partial charge on any atom is -0.0651 e. The van der Waals surface area contributed by atoms with E-state index in [1.54, 1.807) is 5.56 Å². The molecule has 0 saturated heterocycles. The van der Waals surface area contributed by atoms with Crippen LogP contribution in [0, 0.1) is 5.92 Å². The van der Waals surface area contributed by atoms with Crippen LogP contribution in [0.3, 0.4) is 0 Å². The van der Waals surface area contributed by atoms with Crippen molar-refractivity contribution in [3.63, 3.8) is 0 Å². The zero-order valence-electron chi connectivity index (χ0n) is 12.7. The van der Waals surface area contributed by atoms with Crippen LogP contribution >= 0.6 is 0 Å². The second kappa shape index (κ2) is 8.40. The lowest BCUT2D eigenvalue weighted by molar-refractivity contribution is 0.330. The van der Waals surface area contributed by atoms with Gasteiger partial charge in [0.2, 0.25) is 0 Å². The molecular weight excluding hydrogens is 228 g/mol. The van der Waals surface area contributed by atoms with Crippen LogP contribution in [0.15, 0.2) is 24.3 Å². The van der Waals surface area contributed by atoms with Crippen LogP contribution in [0.4, 0.5) is 0 Å². The minimum absolute atomic E-state index is 1.06. The van der Waals surface area contributed by atoms with Gasteiger partial charge < -0.3 is 0 Å². The van der Waals surface area contributed by atoms with Crippen LogP contribution < -0.4 is 0 Å². The second-order valence-electron chi connectivity index (χ2n) is 6.32. The molecule has 0 heteroatoms. The Labute approximate surface area is 119 Å². The monoisotopic (exact) mass is 258 g/mol. The number of hydrogen-bond acceptors (Lipinski definition) is 0. The Morgan fingerprint density at radius 2 is 1.68 bits per heavy atom. The van der Waals surface area contributed by atoms with Crippen molar-refractivity contribution in [1.29, 1.82) is 0 Å².